The fraction of sp³-hybridized carbons (Fsp3) is 0.217. The predicted octanol–water partition coefficient (Wildman–Crippen LogP) is 5.95. The first kappa shape index (κ1) is 26.1. The summed E-state index contributed by atoms with van der Waals surface area (Å²) >= 11 is 19.4. The number of thioether (sulfide) groups is 1. The molecule has 0 aliphatic carbocycles. The number of rotatable bonds is 9. The van der Waals surface area contributed by atoms with Gasteiger partial charge in [0.25, 0.3) is 5.91 Å². The maximum Gasteiger partial charge on any atom is 0.251 e. The van der Waals surface area contributed by atoms with Crippen molar-refractivity contribution < 1.29 is 9.59 Å². The molecule has 1 aromatic heterocycles. The Morgan fingerprint density at radius 1 is 1.18 bits per heavy atom. The zero-order chi connectivity index (χ0) is 24.8. The number of hydrogen-bond donors (Lipinski definition) is 2. The minimum atomic E-state index is -0.421. The standard InChI is InChI=1S/C23H22Cl3N5O2S/c1-4-8-31-21(14(3)27-22(33)15-7-5-6-13(2)9-15)29-30-23(31)34-12-19(32)28-20-17(25)10-16(24)11-18(20)26/h4-7,9-11,14H,1,8,12H2,2-3H3,(H,27,33)(H,28,32)/t14-/m1/s1. The third kappa shape index (κ3) is 6.54. The quantitative estimate of drug-likeness (QED) is 0.259. The van der Waals surface area contributed by atoms with E-state index in [9.17, 15) is 9.59 Å². The third-order valence-corrected chi connectivity index (χ3v) is 6.46. The zero-order valence-electron chi connectivity index (χ0n) is 18.4. The molecular formula is C23H22Cl3N5O2S. The van der Waals surface area contributed by atoms with Crippen LogP contribution in [0.1, 0.15) is 34.7 Å². The lowest BCUT2D eigenvalue weighted by atomic mass is 10.1. The van der Waals surface area contributed by atoms with Crippen molar-refractivity contribution in [1.29, 1.82) is 0 Å². The number of allylic oxidation sites excluding steroid dienone is 1. The number of carbonyl (C=O) groups is 2. The summed E-state index contributed by atoms with van der Waals surface area (Å²) in [5.74, 6) is 0.0445. The van der Waals surface area contributed by atoms with E-state index in [4.69, 9.17) is 34.8 Å². The molecule has 11 heteroatoms. The first-order valence-corrected chi connectivity index (χ1v) is 12.3. The van der Waals surface area contributed by atoms with E-state index in [0.29, 0.717) is 33.8 Å². The van der Waals surface area contributed by atoms with Gasteiger partial charge in [-0.2, -0.15) is 0 Å². The molecule has 0 saturated heterocycles. The van der Waals surface area contributed by atoms with Crippen LogP contribution in [0.5, 0.6) is 0 Å². The van der Waals surface area contributed by atoms with Gasteiger partial charge in [0.1, 0.15) is 0 Å². The molecule has 2 N–H and O–H groups in total. The highest BCUT2D eigenvalue weighted by Crippen LogP contribution is 2.34. The molecule has 0 spiro atoms. The van der Waals surface area contributed by atoms with E-state index in [1.54, 1.807) is 16.7 Å². The van der Waals surface area contributed by atoms with Gasteiger partial charge in [0.2, 0.25) is 5.91 Å². The molecule has 7 nitrogen and oxygen atoms in total. The Hall–Kier alpha value is -2.52. The largest absolute Gasteiger partial charge is 0.342 e. The van der Waals surface area contributed by atoms with Gasteiger partial charge in [0.05, 0.1) is 27.5 Å². The molecule has 2 amide bonds. The summed E-state index contributed by atoms with van der Waals surface area (Å²) in [5, 5.41) is 15.4. The second kappa shape index (κ2) is 11.8. The van der Waals surface area contributed by atoms with Gasteiger partial charge in [0.15, 0.2) is 11.0 Å². The van der Waals surface area contributed by atoms with Gasteiger partial charge >= 0.3 is 0 Å². The highest BCUT2D eigenvalue weighted by Gasteiger charge is 2.21. The van der Waals surface area contributed by atoms with Crippen LogP contribution >= 0.6 is 46.6 Å². The van der Waals surface area contributed by atoms with Crippen molar-refractivity contribution in [2.24, 2.45) is 0 Å². The Kier molecular flexibility index (Phi) is 9.02. The van der Waals surface area contributed by atoms with Crippen molar-refractivity contribution >= 4 is 64.1 Å². The lowest BCUT2D eigenvalue weighted by Crippen LogP contribution is -2.29. The highest BCUT2D eigenvalue weighted by molar-refractivity contribution is 7.99. The van der Waals surface area contributed by atoms with E-state index in [2.05, 4.69) is 27.4 Å². The topological polar surface area (TPSA) is 88.9 Å². The van der Waals surface area contributed by atoms with Crippen LogP contribution in [0.3, 0.4) is 0 Å². The summed E-state index contributed by atoms with van der Waals surface area (Å²) in [6.07, 6.45) is 1.69. The predicted molar refractivity (Wildman–Crippen MR) is 138 cm³/mol. The fourth-order valence-electron chi connectivity index (χ4n) is 3.13. The second-order valence-electron chi connectivity index (χ2n) is 7.39. The van der Waals surface area contributed by atoms with E-state index >= 15 is 0 Å². The number of hydrogen-bond acceptors (Lipinski definition) is 5. The number of aryl methyl sites for hydroxylation is 1. The Labute approximate surface area is 216 Å². The van der Waals surface area contributed by atoms with Crippen LogP contribution < -0.4 is 10.6 Å². The van der Waals surface area contributed by atoms with Gasteiger partial charge < -0.3 is 15.2 Å². The molecule has 0 fully saturated rings. The molecule has 0 aliphatic rings. The lowest BCUT2D eigenvalue weighted by molar-refractivity contribution is -0.113. The number of anilines is 1. The molecular weight excluding hydrogens is 517 g/mol. The summed E-state index contributed by atoms with van der Waals surface area (Å²) in [4.78, 5) is 25.1. The van der Waals surface area contributed by atoms with Crippen LogP contribution in [0.4, 0.5) is 5.69 Å². The fourth-order valence-corrected chi connectivity index (χ4v) is 4.79. The Morgan fingerprint density at radius 2 is 1.88 bits per heavy atom. The van der Waals surface area contributed by atoms with Crippen molar-refractivity contribution in [3.63, 3.8) is 0 Å². The minimum Gasteiger partial charge on any atom is -0.342 e. The van der Waals surface area contributed by atoms with Crippen LogP contribution in [0.15, 0.2) is 54.2 Å². The first-order chi connectivity index (χ1) is 16.2. The highest BCUT2D eigenvalue weighted by atomic mass is 35.5. The number of nitrogens with zero attached hydrogens (tertiary/aromatic N) is 3. The normalized spacial score (nSPS) is 11.7. The molecule has 0 bridgehead atoms. The number of aromatic nitrogens is 3. The lowest BCUT2D eigenvalue weighted by Gasteiger charge is -2.15. The van der Waals surface area contributed by atoms with Crippen LogP contribution in [0.2, 0.25) is 15.1 Å². The van der Waals surface area contributed by atoms with Crippen molar-refractivity contribution in [3.8, 4) is 0 Å². The summed E-state index contributed by atoms with van der Waals surface area (Å²) < 4.78 is 1.80. The molecule has 3 aromatic rings. The molecule has 178 valence electrons. The number of benzene rings is 2. The third-order valence-electron chi connectivity index (χ3n) is 4.68. The average Bonchev–Trinajstić information content (AvgIpc) is 3.17. The van der Waals surface area contributed by atoms with Gasteiger partial charge in [-0.25, -0.2) is 0 Å². The molecule has 34 heavy (non-hydrogen) atoms. The van der Waals surface area contributed by atoms with Crippen molar-refractivity contribution in [3.05, 3.63) is 81.1 Å². The number of halogens is 3. The van der Waals surface area contributed by atoms with Crippen molar-refractivity contribution in [2.45, 2.75) is 31.6 Å². The molecule has 0 radical (unpaired) electrons. The van der Waals surface area contributed by atoms with Crippen LogP contribution in [-0.4, -0.2) is 32.3 Å². The molecule has 1 atom stereocenters. The van der Waals surface area contributed by atoms with Crippen molar-refractivity contribution in [1.82, 2.24) is 20.1 Å². The van der Waals surface area contributed by atoms with E-state index in [0.717, 1.165) is 5.56 Å². The molecule has 0 saturated carbocycles. The van der Waals surface area contributed by atoms with Gasteiger partial charge in [-0.15, -0.1) is 16.8 Å². The van der Waals surface area contributed by atoms with Crippen LogP contribution in [0, 0.1) is 6.92 Å². The van der Waals surface area contributed by atoms with Gasteiger partial charge in [0, 0.05) is 17.1 Å². The van der Waals surface area contributed by atoms with E-state index in [-0.39, 0.29) is 27.6 Å². The average molecular weight is 539 g/mol. The minimum absolute atomic E-state index is 0.0363. The maximum atomic E-state index is 12.6. The monoisotopic (exact) mass is 537 g/mol. The van der Waals surface area contributed by atoms with Crippen molar-refractivity contribution in [2.75, 3.05) is 11.1 Å². The summed E-state index contributed by atoms with van der Waals surface area (Å²) in [7, 11) is 0. The summed E-state index contributed by atoms with van der Waals surface area (Å²) in [5.41, 5.74) is 1.85. The Balaban J connectivity index is 1.69. The van der Waals surface area contributed by atoms with Gasteiger partial charge in [-0.05, 0) is 38.1 Å². The summed E-state index contributed by atoms with van der Waals surface area (Å²) in [6.45, 7) is 7.94. The Bertz CT molecular complexity index is 1210. The SMILES string of the molecule is C=CCn1c(SCC(=O)Nc2c(Cl)cc(Cl)cc2Cl)nnc1[C@@H](C)NC(=O)c1cccc(C)c1. The van der Waals surface area contributed by atoms with Crippen LogP contribution in [-0.2, 0) is 11.3 Å². The van der Waals surface area contributed by atoms with Crippen LogP contribution in [0.25, 0.3) is 0 Å². The molecule has 0 unspecified atom stereocenters. The maximum absolute atomic E-state index is 12.6. The van der Waals surface area contributed by atoms with Gasteiger partial charge in [-0.1, -0.05) is 70.3 Å². The van der Waals surface area contributed by atoms with E-state index < -0.39 is 6.04 Å². The number of amides is 2. The van der Waals surface area contributed by atoms with E-state index in [1.807, 2.05) is 32.0 Å². The molecule has 2 aromatic carbocycles. The van der Waals surface area contributed by atoms with Gasteiger partial charge in [-0.3, -0.25) is 9.59 Å². The molecule has 0 aliphatic heterocycles. The number of nitrogens with one attached hydrogen (secondary N) is 2. The second-order valence-corrected chi connectivity index (χ2v) is 9.58. The Morgan fingerprint density at radius 3 is 2.53 bits per heavy atom. The zero-order valence-corrected chi connectivity index (χ0v) is 21.5. The van der Waals surface area contributed by atoms with E-state index in [1.165, 1.54) is 23.9 Å². The summed E-state index contributed by atoms with van der Waals surface area (Å²) in [6, 6.07) is 9.90. The smallest absolute Gasteiger partial charge is 0.251 e. The molecule has 1 heterocycles. The first-order valence-electron chi connectivity index (χ1n) is 10.2. The molecule has 3 rings (SSSR count). The number of carbonyl (C=O) groups excluding carboxylic acids is 2.